The van der Waals surface area contributed by atoms with Crippen molar-refractivity contribution in [2.75, 3.05) is 7.11 Å². The number of hydrogen-bond acceptors (Lipinski definition) is 2. The van der Waals surface area contributed by atoms with E-state index in [1.807, 2.05) is 6.07 Å². The molecule has 1 fully saturated rings. The molecule has 3 nitrogen and oxygen atoms in total. The quantitative estimate of drug-likeness (QED) is 0.788. The maximum Gasteiger partial charge on any atom is 0.240 e. The van der Waals surface area contributed by atoms with Gasteiger partial charge in [-0.05, 0) is 25.0 Å². The molecule has 1 aliphatic carbocycles. The molecular weight excluding hydrogens is 212 g/mol. The normalized spacial score (nSPS) is 17.5. The molecule has 1 saturated carbocycles. The van der Waals surface area contributed by atoms with Crippen molar-refractivity contribution < 1.29 is 4.74 Å². The van der Waals surface area contributed by atoms with Gasteiger partial charge in [-0.3, -0.25) is 4.68 Å². The number of nitrogens with zero attached hydrogens (tertiary/aromatic N) is 2. The van der Waals surface area contributed by atoms with Crippen LogP contribution >= 0.6 is 0 Å². The van der Waals surface area contributed by atoms with Crippen molar-refractivity contribution in [3.05, 3.63) is 24.3 Å². The summed E-state index contributed by atoms with van der Waals surface area (Å²) in [4.78, 5) is 0. The minimum Gasteiger partial charge on any atom is -0.479 e. The van der Waals surface area contributed by atoms with Gasteiger partial charge in [-0.25, -0.2) is 0 Å². The summed E-state index contributed by atoms with van der Waals surface area (Å²) < 4.78 is 7.54. The van der Waals surface area contributed by atoms with Gasteiger partial charge < -0.3 is 4.74 Å². The van der Waals surface area contributed by atoms with E-state index in [1.165, 1.54) is 37.6 Å². The highest BCUT2D eigenvalue weighted by molar-refractivity contribution is 5.84. The number of aromatic nitrogens is 2. The third-order valence-electron chi connectivity index (χ3n) is 3.69. The summed E-state index contributed by atoms with van der Waals surface area (Å²) in [5.74, 6) is 0.756. The molecule has 3 heteroatoms. The van der Waals surface area contributed by atoms with Gasteiger partial charge in [0.2, 0.25) is 5.88 Å². The van der Waals surface area contributed by atoms with Gasteiger partial charge in [-0.2, -0.15) is 0 Å². The van der Waals surface area contributed by atoms with Crippen LogP contribution < -0.4 is 4.74 Å². The number of benzene rings is 1. The summed E-state index contributed by atoms with van der Waals surface area (Å²) in [6, 6.07) is 8.89. The first-order valence-electron chi connectivity index (χ1n) is 6.41. The molecule has 2 aromatic rings. The van der Waals surface area contributed by atoms with Crippen molar-refractivity contribution >= 4 is 10.9 Å². The highest BCUT2D eigenvalue weighted by atomic mass is 16.5. The lowest BCUT2D eigenvalue weighted by Crippen LogP contribution is -2.13. The minimum atomic E-state index is 0.553. The highest BCUT2D eigenvalue weighted by Gasteiger charge is 2.20. The molecule has 0 unspecified atom stereocenters. The fourth-order valence-electron chi connectivity index (χ4n) is 2.81. The van der Waals surface area contributed by atoms with Gasteiger partial charge in [0, 0.05) is 0 Å². The summed E-state index contributed by atoms with van der Waals surface area (Å²) in [7, 11) is 1.69. The van der Waals surface area contributed by atoms with Crippen LogP contribution in [-0.2, 0) is 0 Å². The van der Waals surface area contributed by atoms with Crippen molar-refractivity contribution in [2.45, 2.75) is 38.1 Å². The zero-order valence-electron chi connectivity index (χ0n) is 10.2. The van der Waals surface area contributed by atoms with Crippen molar-refractivity contribution in [1.82, 2.24) is 9.78 Å². The van der Waals surface area contributed by atoms with Gasteiger partial charge in [-0.15, -0.1) is 5.10 Å². The third-order valence-corrected chi connectivity index (χ3v) is 3.69. The lowest BCUT2D eigenvalue weighted by Gasteiger charge is -2.22. The lowest BCUT2D eigenvalue weighted by atomic mass is 9.95. The molecule has 0 radical (unpaired) electrons. The zero-order valence-corrected chi connectivity index (χ0v) is 10.2. The summed E-state index contributed by atoms with van der Waals surface area (Å²) >= 11 is 0. The molecule has 0 atom stereocenters. The third kappa shape index (κ3) is 1.79. The SMILES string of the molecule is COc1nn(C2CCCCC2)c2ccccc12. The first kappa shape index (κ1) is 10.6. The molecule has 0 spiro atoms. The number of para-hydroxylation sites is 1. The Labute approximate surface area is 101 Å². The molecule has 0 N–H and O–H groups in total. The van der Waals surface area contributed by atoms with Crippen LogP contribution in [0.4, 0.5) is 0 Å². The molecule has 0 bridgehead atoms. The Morgan fingerprint density at radius 2 is 1.94 bits per heavy atom. The number of fused-ring (bicyclic) bond motifs is 1. The Kier molecular flexibility index (Phi) is 2.75. The predicted molar refractivity (Wildman–Crippen MR) is 68.4 cm³/mol. The van der Waals surface area contributed by atoms with E-state index >= 15 is 0 Å². The van der Waals surface area contributed by atoms with Crippen molar-refractivity contribution in [3.8, 4) is 5.88 Å². The van der Waals surface area contributed by atoms with E-state index in [1.54, 1.807) is 7.11 Å². The Bertz CT molecular complexity index is 512. The Hall–Kier alpha value is -1.51. The average Bonchev–Trinajstić information content (AvgIpc) is 2.78. The van der Waals surface area contributed by atoms with E-state index in [2.05, 4.69) is 28.0 Å². The molecule has 1 aromatic heterocycles. The second kappa shape index (κ2) is 4.40. The van der Waals surface area contributed by atoms with E-state index in [4.69, 9.17) is 4.74 Å². The number of hydrogen-bond donors (Lipinski definition) is 0. The van der Waals surface area contributed by atoms with Crippen LogP contribution in [-0.4, -0.2) is 16.9 Å². The van der Waals surface area contributed by atoms with Gasteiger partial charge in [0.1, 0.15) is 0 Å². The summed E-state index contributed by atoms with van der Waals surface area (Å²) in [6.45, 7) is 0. The first-order chi connectivity index (χ1) is 8.40. The van der Waals surface area contributed by atoms with Gasteiger partial charge in [-0.1, -0.05) is 31.4 Å². The number of methoxy groups -OCH3 is 1. The molecule has 0 aliphatic heterocycles. The van der Waals surface area contributed by atoms with Gasteiger partial charge in [0.25, 0.3) is 0 Å². The second-order valence-corrected chi connectivity index (χ2v) is 4.76. The molecule has 1 heterocycles. The van der Waals surface area contributed by atoms with Crippen LogP contribution in [0, 0.1) is 0 Å². The van der Waals surface area contributed by atoms with Gasteiger partial charge >= 0.3 is 0 Å². The summed E-state index contributed by atoms with van der Waals surface area (Å²) in [6.07, 6.45) is 6.50. The van der Waals surface area contributed by atoms with Crippen LogP contribution in [0.1, 0.15) is 38.1 Å². The fourth-order valence-corrected chi connectivity index (χ4v) is 2.81. The molecule has 0 saturated heterocycles. The topological polar surface area (TPSA) is 27.1 Å². The molecule has 3 rings (SSSR count). The van der Waals surface area contributed by atoms with E-state index in [0.29, 0.717) is 6.04 Å². The van der Waals surface area contributed by atoms with Gasteiger partial charge in [0.05, 0.1) is 24.1 Å². The average molecular weight is 230 g/mol. The fraction of sp³-hybridized carbons (Fsp3) is 0.500. The maximum absolute atomic E-state index is 5.37. The standard InChI is InChI=1S/C14H18N2O/c1-17-14-12-9-5-6-10-13(12)16(15-14)11-7-3-2-4-8-11/h5-6,9-11H,2-4,7-8H2,1H3. The second-order valence-electron chi connectivity index (χ2n) is 4.76. The summed E-state index contributed by atoms with van der Waals surface area (Å²) in [5, 5.41) is 5.75. The largest absolute Gasteiger partial charge is 0.479 e. The van der Waals surface area contributed by atoms with E-state index in [9.17, 15) is 0 Å². The Morgan fingerprint density at radius 3 is 2.71 bits per heavy atom. The number of ether oxygens (including phenoxy) is 1. The first-order valence-corrected chi connectivity index (χ1v) is 6.41. The molecular formula is C14H18N2O. The van der Waals surface area contributed by atoms with E-state index in [-0.39, 0.29) is 0 Å². The lowest BCUT2D eigenvalue weighted by molar-refractivity contribution is 0.322. The Morgan fingerprint density at radius 1 is 1.18 bits per heavy atom. The van der Waals surface area contributed by atoms with Crippen molar-refractivity contribution in [2.24, 2.45) is 0 Å². The molecule has 0 amide bonds. The molecule has 17 heavy (non-hydrogen) atoms. The van der Waals surface area contributed by atoms with Gasteiger partial charge in [0.15, 0.2) is 0 Å². The van der Waals surface area contributed by atoms with Crippen LogP contribution in [0.5, 0.6) is 5.88 Å². The van der Waals surface area contributed by atoms with E-state index in [0.717, 1.165) is 11.3 Å². The number of rotatable bonds is 2. The minimum absolute atomic E-state index is 0.553. The van der Waals surface area contributed by atoms with E-state index < -0.39 is 0 Å². The van der Waals surface area contributed by atoms with Crippen LogP contribution in [0.15, 0.2) is 24.3 Å². The molecule has 90 valence electrons. The van der Waals surface area contributed by atoms with Crippen LogP contribution in [0.3, 0.4) is 0 Å². The molecule has 1 aliphatic rings. The van der Waals surface area contributed by atoms with Crippen molar-refractivity contribution in [3.63, 3.8) is 0 Å². The summed E-state index contributed by atoms with van der Waals surface area (Å²) in [5.41, 5.74) is 1.20. The van der Waals surface area contributed by atoms with Crippen LogP contribution in [0.2, 0.25) is 0 Å². The zero-order chi connectivity index (χ0) is 11.7. The monoisotopic (exact) mass is 230 g/mol. The predicted octanol–water partition coefficient (Wildman–Crippen LogP) is 3.55. The highest BCUT2D eigenvalue weighted by Crippen LogP contribution is 2.33. The Balaban J connectivity index is 2.08. The van der Waals surface area contributed by atoms with Crippen molar-refractivity contribution in [1.29, 1.82) is 0 Å². The van der Waals surface area contributed by atoms with Crippen LogP contribution in [0.25, 0.3) is 10.9 Å². The maximum atomic E-state index is 5.37. The molecule has 1 aromatic carbocycles. The smallest absolute Gasteiger partial charge is 0.240 e.